The van der Waals surface area contributed by atoms with Crippen LogP contribution in [0.25, 0.3) is 0 Å². The lowest BCUT2D eigenvalue weighted by Crippen LogP contribution is -2.40. The summed E-state index contributed by atoms with van der Waals surface area (Å²) in [6.07, 6.45) is 3.26. The Morgan fingerprint density at radius 3 is 2.00 bits per heavy atom. The number of nitrogens with one attached hydrogen (secondary N) is 1. The summed E-state index contributed by atoms with van der Waals surface area (Å²) >= 11 is 0. The number of rotatable bonds is 9. The molecule has 1 fully saturated rings. The van der Waals surface area contributed by atoms with Crippen molar-refractivity contribution in [2.45, 2.75) is 25.3 Å². The minimum absolute atomic E-state index is 0.477. The van der Waals surface area contributed by atoms with Gasteiger partial charge in [0.05, 0.1) is 28.4 Å². The molecule has 1 heterocycles. The second-order valence-corrected chi connectivity index (χ2v) is 7.27. The van der Waals surface area contributed by atoms with E-state index in [-0.39, 0.29) is 0 Å². The number of ether oxygens (including phenoxy) is 4. The normalized spacial score (nSPS) is 15.0. The zero-order valence-corrected chi connectivity index (χ0v) is 17.9. The molecule has 6 nitrogen and oxygen atoms in total. The van der Waals surface area contributed by atoms with E-state index in [1.165, 1.54) is 5.56 Å². The van der Waals surface area contributed by atoms with Gasteiger partial charge in [0.2, 0.25) is 0 Å². The molecule has 1 N–H and O–H groups in total. The molecule has 29 heavy (non-hydrogen) atoms. The van der Waals surface area contributed by atoms with Crippen molar-refractivity contribution in [1.82, 2.24) is 4.90 Å². The van der Waals surface area contributed by atoms with E-state index < -0.39 is 0 Å². The molecule has 0 spiro atoms. The van der Waals surface area contributed by atoms with Crippen LogP contribution in [-0.4, -0.2) is 59.0 Å². The van der Waals surface area contributed by atoms with Crippen LogP contribution in [0.5, 0.6) is 23.0 Å². The number of anilines is 1. The molecule has 0 aromatic heterocycles. The molecule has 3 rings (SSSR count). The van der Waals surface area contributed by atoms with E-state index in [9.17, 15) is 0 Å². The Labute approximate surface area is 173 Å². The van der Waals surface area contributed by atoms with Gasteiger partial charge in [-0.1, -0.05) is 6.07 Å². The van der Waals surface area contributed by atoms with Gasteiger partial charge < -0.3 is 29.2 Å². The summed E-state index contributed by atoms with van der Waals surface area (Å²) in [4.78, 5) is 2.53. The molecule has 0 unspecified atom stereocenters. The second-order valence-electron chi connectivity index (χ2n) is 7.27. The molecule has 2 aromatic rings. The highest BCUT2D eigenvalue weighted by molar-refractivity contribution is 5.55. The van der Waals surface area contributed by atoms with E-state index in [0.717, 1.165) is 67.6 Å². The molecule has 0 saturated carbocycles. The van der Waals surface area contributed by atoms with Gasteiger partial charge in [-0.25, -0.2) is 0 Å². The summed E-state index contributed by atoms with van der Waals surface area (Å²) in [6, 6.07) is 12.6. The van der Waals surface area contributed by atoms with Crippen LogP contribution in [0.3, 0.4) is 0 Å². The van der Waals surface area contributed by atoms with Crippen LogP contribution in [-0.2, 0) is 6.42 Å². The molecule has 0 radical (unpaired) electrons. The summed E-state index contributed by atoms with van der Waals surface area (Å²) < 4.78 is 21.4. The maximum Gasteiger partial charge on any atom is 0.162 e. The van der Waals surface area contributed by atoms with Crippen molar-refractivity contribution < 1.29 is 18.9 Å². The lowest BCUT2D eigenvalue weighted by Gasteiger charge is -2.33. The van der Waals surface area contributed by atoms with Crippen LogP contribution in [0.4, 0.5) is 5.69 Å². The molecule has 0 aliphatic carbocycles. The van der Waals surface area contributed by atoms with Gasteiger partial charge in [-0.3, -0.25) is 0 Å². The van der Waals surface area contributed by atoms with E-state index in [4.69, 9.17) is 18.9 Å². The highest BCUT2D eigenvalue weighted by Crippen LogP contribution is 2.31. The maximum atomic E-state index is 5.41. The van der Waals surface area contributed by atoms with Crippen molar-refractivity contribution in [2.24, 2.45) is 0 Å². The molecule has 0 bridgehead atoms. The number of likely N-dealkylation sites (tertiary alicyclic amines) is 1. The maximum absolute atomic E-state index is 5.41. The number of benzene rings is 2. The fourth-order valence-electron chi connectivity index (χ4n) is 3.79. The summed E-state index contributed by atoms with van der Waals surface area (Å²) in [7, 11) is 6.66. The highest BCUT2D eigenvalue weighted by Gasteiger charge is 2.19. The van der Waals surface area contributed by atoms with Crippen molar-refractivity contribution in [3.05, 3.63) is 42.0 Å². The quantitative estimate of drug-likeness (QED) is 0.690. The minimum Gasteiger partial charge on any atom is -0.493 e. The Hall–Kier alpha value is -2.60. The standard InChI is InChI=1S/C23H32N2O4/c1-26-20-7-5-17(15-22(20)28-3)9-12-25-13-10-18(11-14-25)24-19-6-8-21(27-2)23(16-19)29-4/h5-8,15-16,18,24H,9-14H2,1-4H3. The molecule has 1 aliphatic heterocycles. The largest absolute Gasteiger partial charge is 0.493 e. The molecule has 0 atom stereocenters. The fraction of sp³-hybridized carbons (Fsp3) is 0.478. The van der Waals surface area contributed by atoms with Gasteiger partial charge >= 0.3 is 0 Å². The van der Waals surface area contributed by atoms with E-state index in [1.54, 1.807) is 28.4 Å². The van der Waals surface area contributed by atoms with Gasteiger partial charge in [0.15, 0.2) is 23.0 Å². The third-order valence-electron chi connectivity index (χ3n) is 5.51. The van der Waals surface area contributed by atoms with Gasteiger partial charge in [-0.15, -0.1) is 0 Å². The molecule has 0 amide bonds. The van der Waals surface area contributed by atoms with E-state index >= 15 is 0 Å². The SMILES string of the molecule is COc1ccc(CCN2CCC(Nc3ccc(OC)c(OC)c3)CC2)cc1OC. The molecule has 1 aliphatic rings. The number of piperidine rings is 1. The van der Waals surface area contributed by atoms with Gasteiger partial charge in [-0.2, -0.15) is 0 Å². The van der Waals surface area contributed by atoms with Crippen molar-refractivity contribution in [2.75, 3.05) is 53.4 Å². The first-order valence-electron chi connectivity index (χ1n) is 10.1. The van der Waals surface area contributed by atoms with Crippen LogP contribution < -0.4 is 24.3 Å². The zero-order chi connectivity index (χ0) is 20.6. The molecule has 158 valence electrons. The Morgan fingerprint density at radius 2 is 1.38 bits per heavy atom. The first kappa shape index (κ1) is 21.1. The first-order valence-corrected chi connectivity index (χ1v) is 10.1. The van der Waals surface area contributed by atoms with E-state index in [0.29, 0.717) is 6.04 Å². The molecular weight excluding hydrogens is 368 g/mol. The van der Waals surface area contributed by atoms with Gasteiger partial charge in [0.25, 0.3) is 0 Å². The summed E-state index contributed by atoms with van der Waals surface area (Å²) in [6.45, 7) is 3.25. The fourth-order valence-corrected chi connectivity index (χ4v) is 3.79. The second kappa shape index (κ2) is 10.3. The van der Waals surface area contributed by atoms with Crippen molar-refractivity contribution in [3.63, 3.8) is 0 Å². The van der Waals surface area contributed by atoms with Crippen LogP contribution in [0.2, 0.25) is 0 Å². The Balaban J connectivity index is 1.47. The Morgan fingerprint density at radius 1 is 0.793 bits per heavy atom. The summed E-state index contributed by atoms with van der Waals surface area (Å²) in [5.41, 5.74) is 2.35. The third kappa shape index (κ3) is 5.48. The predicted molar refractivity (Wildman–Crippen MR) is 116 cm³/mol. The van der Waals surface area contributed by atoms with E-state index in [1.807, 2.05) is 24.3 Å². The number of methoxy groups -OCH3 is 4. The summed E-state index contributed by atoms with van der Waals surface area (Å²) in [5.74, 6) is 3.08. The molecule has 6 heteroatoms. The van der Waals surface area contributed by atoms with Crippen LogP contribution >= 0.6 is 0 Å². The van der Waals surface area contributed by atoms with Crippen molar-refractivity contribution >= 4 is 5.69 Å². The lowest BCUT2D eigenvalue weighted by molar-refractivity contribution is 0.221. The van der Waals surface area contributed by atoms with Crippen molar-refractivity contribution in [3.8, 4) is 23.0 Å². The van der Waals surface area contributed by atoms with Crippen LogP contribution in [0, 0.1) is 0 Å². The zero-order valence-electron chi connectivity index (χ0n) is 17.9. The number of hydrogen-bond acceptors (Lipinski definition) is 6. The van der Waals surface area contributed by atoms with Gasteiger partial charge in [0.1, 0.15) is 0 Å². The Bertz CT molecular complexity index is 788. The first-order chi connectivity index (χ1) is 14.2. The highest BCUT2D eigenvalue weighted by atomic mass is 16.5. The smallest absolute Gasteiger partial charge is 0.162 e. The van der Waals surface area contributed by atoms with Crippen LogP contribution in [0.15, 0.2) is 36.4 Å². The molecular formula is C23H32N2O4. The summed E-state index contributed by atoms with van der Waals surface area (Å²) in [5, 5.41) is 3.64. The molecule has 1 saturated heterocycles. The topological polar surface area (TPSA) is 52.2 Å². The number of hydrogen-bond donors (Lipinski definition) is 1. The average Bonchev–Trinajstić information content (AvgIpc) is 2.78. The van der Waals surface area contributed by atoms with Gasteiger partial charge in [0, 0.05) is 37.4 Å². The predicted octanol–water partition coefficient (Wildman–Crippen LogP) is 3.84. The average molecular weight is 401 g/mol. The van der Waals surface area contributed by atoms with E-state index in [2.05, 4.69) is 22.3 Å². The van der Waals surface area contributed by atoms with Crippen LogP contribution in [0.1, 0.15) is 18.4 Å². The van der Waals surface area contributed by atoms with Crippen molar-refractivity contribution in [1.29, 1.82) is 0 Å². The lowest BCUT2D eigenvalue weighted by atomic mass is 10.0. The third-order valence-corrected chi connectivity index (χ3v) is 5.51. The van der Waals surface area contributed by atoms with Gasteiger partial charge in [-0.05, 0) is 49.1 Å². The molecule has 2 aromatic carbocycles. The monoisotopic (exact) mass is 400 g/mol. The Kier molecular flexibility index (Phi) is 7.47. The minimum atomic E-state index is 0.477. The number of nitrogens with zero attached hydrogens (tertiary/aromatic N) is 1.